The van der Waals surface area contributed by atoms with Crippen molar-refractivity contribution in [3.8, 4) is 0 Å². The summed E-state index contributed by atoms with van der Waals surface area (Å²) in [4.78, 5) is 0. The van der Waals surface area contributed by atoms with Gasteiger partial charge in [-0.15, -0.1) is 0 Å². The van der Waals surface area contributed by atoms with Gasteiger partial charge in [-0.25, -0.2) is 4.39 Å². The van der Waals surface area contributed by atoms with E-state index in [1.54, 1.807) is 19.1 Å². The highest BCUT2D eigenvalue weighted by molar-refractivity contribution is 9.10. The fraction of sp³-hybridized carbons (Fsp3) is 0.286. The van der Waals surface area contributed by atoms with E-state index in [9.17, 15) is 9.50 Å². The van der Waals surface area contributed by atoms with Crippen LogP contribution in [0.25, 0.3) is 0 Å². The molecule has 0 amide bonds. The quantitative estimate of drug-likeness (QED) is 0.902. The Bertz CT molecular complexity index is 590. The second-order valence-corrected chi connectivity index (χ2v) is 5.24. The number of aliphatic hydroxyl groups excluding tert-OH is 1. The van der Waals surface area contributed by atoms with Crippen molar-refractivity contribution in [3.63, 3.8) is 0 Å². The molecule has 0 aliphatic rings. The first-order valence-electron chi connectivity index (χ1n) is 5.61. The molecule has 1 heterocycles. The van der Waals surface area contributed by atoms with Crippen molar-refractivity contribution in [1.82, 2.24) is 0 Å². The fourth-order valence-corrected chi connectivity index (χ4v) is 2.47. The van der Waals surface area contributed by atoms with Crippen LogP contribution in [0.2, 0.25) is 0 Å². The Hall–Kier alpha value is -1.13. The molecule has 96 valence electrons. The van der Waals surface area contributed by atoms with E-state index in [-0.39, 0.29) is 5.56 Å². The van der Waals surface area contributed by atoms with Crippen LogP contribution in [0.1, 0.15) is 34.3 Å². The highest BCUT2D eigenvalue weighted by atomic mass is 79.9. The fourth-order valence-electron chi connectivity index (χ4n) is 2.09. The minimum atomic E-state index is -1.01. The van der Waals surface area contributed by atoms with Gasteiger partial charge < -0.3 is 9.52 Å². The molecule has 1 unspecified atom stereocenters. The monoisotopic (exact) mass is 312 g/mol. The molecule has 0 fully saturated rings. The zero-order valence-electron chi connectivity index (χ0n) is 10.4. The molecule has 0 radical (unpaired) electrons. The van der Waals surface area contributed by atoms with Crippen molar-refractivity contribution >= 4 is 15.9 Å². The lowest BCUT2D eigenvalue weighted by Gasteiger charge is -2.13. The molecule has 1 aromatic carbocycles. The molecule has 1 atom stereocenters. The number of hydrogen-bond donors (Lipinski definition) is 1. The van der Waals surface area contributed by atoms with Crippen LogP contribution in [-0.2, 0) is 0 Å². The van der Waals surface area contributed by atoms with Gasteiger partial charge in [-0.3, -0.25) is 0 Å². The van der Waals surface area contributed by atoms with E-state index in [0.29, 0.717) is 11.3 Å². The Morgan fingerprint density at radius 2 is 1.89 bits per heavy atom. The van der Waals surface area contributed by atoms with Gasteiger partial charge in [0.1, 0.15) is 23.4 Å². The largest absolute Gasteiger partial charge is 0.466 e. The van der Waals surface area contributed by atoms with Gasteiger partial charge in [0.25, 0.3) is 0 Å². The van der Waals surface area contributed by atoms with Crippen LogP contribution in [-0.4, -0.2) is 5.11 Å². The predicted molar refractivity (Wildman–Crippen MR) is 71.1 cm³/mol. The third kappa shape index (κ3) is 2.22. The topological polar surface area (TPSA) is 33.4 Å². The lowest BCUT2D eigenvalue weighted by Crippen LogP contribution is -2.04. The molecule has 4 heteroatoms. The van der Waals surface area contributed by atoms with Crippen molar-refractivity contribution in [3.05, 3.63) is 56.7 Å². The molecule has 0 bridgehead atoms. The molecule has 0 saturated heterocycles. The zero-order valence-corrected chi connectivity index (χ0v) is 12.0. The SMILES string of the molecule is Cc1oc(C)c(C(O)c2cc(Br)ccc2F)c1C. The van der Waals surface area contributed by atoms with Gasteiger partial charge in [-0.2, -0.15) is 0 Å². The zero-order chi connectivity index (χ0) is 13.4. The second kappa shape index (κ2) is 4.86. The first kappa shape index (κ1) is 13.3. The van der Waals surface area contributed by atoms with E-state index in [1.807, 2.05) is 13.8 Å². The van der Waals surface area contributed by atoms with E-state index in [4.69, 9.17) is 4.42 Å². The maximum absolute atomic E-state index is 13.8. The molecule has 1 aromatic heterocycles. The van der Waals surface area contributed by atoms with Crippen LogP contribution >= 0.6 is 15.9 Å². The Morgan fingerprint density at radius 3 is 2.44 bits per heavy atom. The third-order valence-corrected chi connectivity index (χ3v) is 3.64. The number of halogens is 2. The summed E-state index contributed by atoms with van der Waals surface area (Å²) in [5.41, 5.74) is 1.75. The van der Waals surface area contributed by atoms with Crippen molar-refractivity contribution in [2.75, 3.05) is 0 Å². The highest BCUT2D eigenvalue weighted by Crippen LogP contribution is 2.33. The number of aryl methyl sites for hydroxylation is 2. The van der Waals surface area contributed by atoms with Gasteiger partial charge >= 0.3 is 0 Å². The summed E-state index contributed by atoms with van der Waals surface area (Å²) in [6, 6.07) is 4.52. The average Bonchev–Trinajstić information content (AvgIpc) is 2.56. The molecule has 0 aliphatic heterocycles. The minimum absolute atomic E-state index is 0.247. The van der Waals surface area contributed by atoms with Crippen LogP contribution in [0.3, 0.4) is 0 Å². The number of aliphatic hydroxyl groups is 1. The Labute approximate surface area is 114 Å². The summed E-state index contributed by atoms with van der Waals surface area (Å²) in [6.07, 6.45) is -1.01. The number of benzene rings is 1. The molecule has 0 aliphatic carbocycles. The molecule has 1 N–H and O–H groups in total. The maximum Gasteiger partial charge on any atom is 0.129 e. The average molecular weight is 313 g/mol. The lowest BCUT2D eigenvalue weighted by molar-refractivity contribution is 0.212. The standard InChI is InChI=1S/C14H14BrFO2/c1-7-8(2)18-9(3)13(7)14(17)11-6-10(15)4-5-12(11)16/h4-6,14,17H,1-3H3. The third-order valence-electron chi connectivity index (χ3n) is 3.14. The van der Waals surface area contributed by atoms with Crippen molar-refractivity contribution in [2.24, 2.45) is 0 Å². The highest BCUT2D eigenvalue weighted by Gasteiger charge is 2.23. The van der Waals surface area contributed by atoms with Gasteiger partial charge in [-0.1, -0.05) is 15.9 Å². The van der Waals surface area contributed by atoms with Gasteiger partial charge in [0.05, 0.1) is 0 Å². The van der Waals surface area contributed by atoms with E-state index in [0.717, 1.165) is 15.8 Å². The number of rotatable bonds is 2. The Kier molecular flexibility index (Phi) is 3.59. The first-order chi connectivity index (χ1) is 8.41. The molecule has 18 heavy (non-hydrogen) atoms. The van der Waals surface area contributed by atoms with Gasteiger partial charge in [0.15, 0.2) is 0 Å². The molecule has 2 aromatic rings. The van der Waals surface area contributed by atoms with E-state index in [2.05, 4.69) is 15.9 Å². The molecule has 0 spiro atoms. The van der Waals surface area contributed by atoms with Crippen LogP contribution in [0.15, 0.2) is 27.1 Å². The summed E-state index contributed by atoms with van der Waals surface area (Å²) < 4.78 is 20.0. The van der Waals surface area contributed by atoms with Crippen molar-refractivity contribution < 1.29 is 13.9 Å². The summed E-state index contributed by atoms with van der Waals surface area (Å²) >= 11 is 3.28. The smallest absolute Gasteiger partial charge is 0.129 e. The summed E-state index contributed by atoms with van der Waals surface area (Å²) in [5, 5.41) is 10.4. The molecule has 2 nitrogen and oxygen atoms in total. The van der Waals surface area contributed by atoms with Crippen LogP contribution < -0.4 is 0 Å². The van der Waals surface area contributed by atoms with Crippen LogP contribution in [0.4, 0.5) is 4.39 Å². The Morgan fingerprint density at radius 1 is 1.22 bits per heavy atom. The summed E-state index contributed by atoms with van der Waals surface area (Å²) in [5.74, 6) is 0.942. The van der Waals surface area contributed by atoms with Crippen LogP contribution in [0, 0.1) is 26.6 Å². The normalized spacial score (nSPS) is 12.8. The second-order valence-electron chi connectivity index (χ2n) is 4.32. The minimum Gasteiger partial charge on any atom is -0.466 e. The van der Waals surface area contributed by atoms with Gasteiger partial charge in [0.2, 0.25) is 0 Å². The number of furan rings is 1. The summed E-state index contributed by atoms with van der Waals surface area (Å²) in [6.45, 7) is 5.46. The molecule has 2 rings (SSSR count). The van der Waals surface area contributed by atoms with Crippen molar-refractivity contribution in [2.45, 2.75) is 26.9 Å². The lowest BCUT2D eigenvalue weighted by atomic mass is 9.98. The van der Waals surface area contributed by atoms with Crippen LogP contribution in [0.5, 0.6) is 0 Å². The van der Waals surface area contributed by atoms with Crippen molar-refractivity contribution in [1.29, 1.82) is 0 Å². The predicted octanol–water partition coefficient (Wildman–Crippen LogP) is 4.19. The van der Waals surface area contributed by atoms with E-state index < -0.39 is 11.9 Å². The summed E-state index contributed by atoms with van der Waals surface area (Å²) in [7, 11) is 0. The van der Waals surface area contributed by atoms with E-state index >= 15 is 0 Å². The first-order valence-corrected chi connectivity index (χ1v) is 6.40. The van der Waals surface area contributed by atoms with Gasteiger partial charge in [0, 0.05) is 15.6 Å². The molecular weight excluding hydrogens is 299 g/mol. The maximum atomic E-state index is 13.8. The van der Waals surface area contributed by atoms with E-state index in [1.165, 1.54) is 6.07 Å². The molecule has 0 saturated carbocycles. The van der Waals surface area contributed by atoms with Gasteiger partial charge in [-0.05, 0) is 44.5 Å². The molecular formula is C14H14BrFO2. The Balaban J connectivity index is 2.54. The number of hydrogen-bond acceptors (Lipinski definition) is 2.